The van der Waals surface area contributed by atoms with Gasteiger partial charge in [0.1, 0.15) is 6.61 Å². The fraction of sp³-hybridized carbons (Fsp3) is 0.250. The maximum atomic E-state index is 12.1. The van der Waals surface area contributed by atoms with Crippen LogP contribution in [0.15, 0.2) is 22.9 Å². The molecule has 3 aromatic heterocycles. The maximum Gasteiger partial charge on any atom is 0.369 e. The van der Waals surface area contributed by atoms with Gasteiger partial charge in [-0.05, 0) is 16.5 Å². The third kappa shape index (κ3) is 2.33. The summed E-state index contributed by atoms with van der Waals surface area (Å²) < 4.78 is 16.8. The number of ether oxygens (including phenoxy) is 1. The largest absolute Gasteiger partial charge is 0.465 e. The summed E-state index contributed by atoms with van der Waals surface area (Å²) in [6, 6.07) is 0. The number of thiazole rings is 1. The number of nitrogens with zero attached hydrogens (tertiary/aromatic N) is 7. The second kappa shape index (κ2) is 5.56. The van der Waals surface area contributed by atoms with Crippen LogP contribution < -0.4 is 10.4 Å². The van der Waals surface area contributed by atoms with Crippen molar-refractivity contribution >= 4 is 17.4 Å². The number of tetrazole rings is 1. The summed E-state index contributed by atoms with van der Waals surface area (Å²) in [5, 5.41) is 13.7. The first kappa shape index (κ1) is 13.0. The minimum Gasteiger partial charge on any atom is -0.465 e. The standard InChI is InChI=1S/C12H13N7O2S/c1-4-9-8(7-21-11-13-5-6-22-11)10(14-17(9)2)19-12(20)18(3)15-16-19/h4-6H,1,7H2,2-3H3/i5T. The van der Waals surface area contributed by atoms with Crippen LogP contribution in [-0.4, -0.2) is 34.6 Å². The summed E-state index contributed by atoms with van der Waals surface area (Å²) >= 11 is 1.22. The number of aromatic nitrogens is 7. The van der Waals surface area contributed by atoms with Crippen LogP contribution in [0.1, 0.15) is 12.6 Å². The summed E-state index contributed by atoms with van der Waals surface area (Å²) in [6.07, 6.45) is 1.76. The summed E-state index contributed by atoms with van der Waals surface area (Å²) in [5.74, 6) is 0.322. The van der Waals surface area contributed by atoms with Crippen molar-refractivity contribution < 1.29 is 6.11 Å². The van der Waals surface area contributed by atoms with Crippen LogP contribution in [0.3, 0.4) is 0 Å². The van der Waals surface area contributed by atoms with Crippen LogP contribution >= 0.6 is 11.3 Å². The normalized spacial score (nSPS) is 11.5. The van der Waals surface area contributed by atoms with Gasteiger partial charge in [0.05, 0.1) is 12.6 Å². The molecule has 0 amide bonds. The highest BCUT2D eigenvalue weighted by Gasteiger charge is 2.20. The maximum absolute atomic E-state index is 12.1. The molecule has 0 saturated heterocycles. The summed E-state index contributed by atoms with van der Waals surface area (Å²) in [7, 11) is 3.24. The Morgan fingerprint density at radius 3 is 2.86 bits per heavy atom. The first-order valence-electron chi connectivity index (χ1n) is 6.74. The van der Waals surface area contributed by atoms with E-state index in [1.54, 1.807) is 23.2 Å². The summed E-state index contributed by atoms with van der Waals surface area (Å²) in [6.45, 7) is 3.87. The number of rotatable bonds is 5. The fourth-order valence-electron chi connectivity index (χ4n) is 1.96. The lowest BCUT2D eigenvalue weighted by Gasteiger charge is -2.04. The van der Waals surface area contributed by atoms with Crippen molar-refractivity contribution in [1.29, 1.82) is 0 Å². The van der Waals surface area contributed by atoms with E-state index in [0.29, 0.717) is 22.3 Å². The molecule has 3 aromatic rings. The molecule has 10 heteroatoms. The van der Waals surface area contributed by atoms with Gasteiger partial charge in [0.15, 0.2) is 5.82 Å². The molecule has 0 aromatic carbocycles. The Morgan fingerprint density at radius 2 is 2.27 bits per heavy atom. The lowest BCUT2D eigenvalue weighted by Crippen LogP contribution is -2.23. The Balaban J connectivity index is 2.01. The molecule has 114 valence electrons. The van der Waals surface area contributed by atoms with E-state index < -0.39 is 5.69 Å². The van der Waals surface area contributed by atoms with E-state index in [9.17, 15) is 4.79 Å². The predicted molar refractivity (Wildman–Crippen MR) is 79.9 cm³/mol. The van der Waals surface area contributed by atoms with Gasteiger partial charge in [0.25, 0.3) is 5.19 Å². The first-order valence-corrected chi connectivity index (χ1v) is 7.12. The highest BCUT2D eigenvalue weighted by atomic mass is 32.1. The summed E-state index contributed by atoms with van der Waals surface area (Å²) in [5.41, 5.74) is 0.912. The molecule has 22 heavy (non-hydrogen) atoms. The molecule has 0 fully saturated rings. The van der Waals surface area contributed by atoms with Crippen molar-refractivity contribution in [2.45, 2.75) is 6.61 Å². The van der Waals surface area contributed by atoms with Crippen LogP contribution in [0.4, 0.5) is 0 Å². The molecule has 0 bridgehead atoms. The van der Waals surface area contributed by atoms with Crippen molar-refractivity contribution in [2.75, 3.05) is 0 Å². The van der Waals surface area contributed by atoms with Crippen molar-refractivity contribution in [3.63, 3.8) is 0 Å². The van der Waals surface area contributed by atoms with E-state index in [2.05, 4.69) is 27.1 Å². The van der Waals surface area contributed by atoms with Gasteiger partial charge in [-0.1, -0.05) is 17.9 Å². The molecule has 3 heterocycles. The smallest absolute Gasteiger partial charge is 0.369 e. The van der Waals surface area contributed by atoms with Crippen LogP contribution in [0, 0.1) is 0 Å². The zero-order valence-corrected chi connectivity index (χ0v) is 12.7. The highest BCUT2D eigenvalue weighted by molar-refractivity contribution is 7.11. The van der Waals surface area contributed by atoms with Gasteiger partial charge in [0.2, 0.25) is 0 Å². The molecule has 9 nitrogen and oxygen atoms in total. The van der Waals surface area contributed by atoms with Crippen molar-refractivity contribution in [3.8, 4) is 11.0 Å². The second-order valence-corrected chi connectivity index (χ2v) is 5.16. The average Bonchev–Trinajstić information content (AvgIpc) is 3.17. The number of hydrogen-bond donors (Lipinski definition) is 0. The molecule has 0 atom stereocenters. The Labute approximate surface area is 130 Å². The van der Waals surface area contributed by atoms with E-state index in [4.69, 9.17) is 6.11 Å². The Bertz CT molecular complexity index is 922. The lowest BCUT2D eigenvalue weighted by molar-refractivity contribution is 0.303. The molecule has 0 spiro atoms. The van der Waals surface area contributed by atoms with Crippen molar-refractivity contribution in [2.24, 2.45) is 14.1 Å². The molecule has 3 rings (SSSR count). The third-order valence-corrected chi connectivity index (χ3v) is 3.63. The molecular weight excluding hydrogens is 306 g/mol. The van der Waals surface area contributed by atoms with E-state index in [0.717, 1.165) is 9.36 Å². The molecule has 0 aliphatic heterocycles. The van der Waals surface area contributed by atoms with Crippen molar-refractivity contribution in [3.05, 3.63) is 39.9 Å². The van der Waals surface area contributed by atoms with Gasteiger partial charge in [-0.2, -0.15) is 9.78 Å². The molecule has 0 aliphatic rings. The zero-order valence-electron chi connectivity index (χ0n) is 12.9. The van der Waals surface area contributed by atoms with Crippen LogP contribution in [-0.2, 0) is 20.7 Å². The summed E-state index contributed by atoms with van der Waals surface area (Å²) in [4.78, 5) is 16.0. The van der Waals surface area contributed by atoms with Gasteiger partial charge >= 0.3 is 5.69 Å². The van der Waals surface area contributed by atoms with Crippen LogP contribution in [0.5, 0.6) is 5.19 Å². The predicted octanol–water partition coefficient (Wildman–Crippen LogP) is 0.378. The SMILES string of the molecule is [3H]c1csc(OCc2c(-n3nnn(C)c3=O)nn(C)c2C=C)n1. The van der Waals surface area contributed by atoms with Gasteiger partial charge in [-0.25, -0.2) is 9.78 Å². The lowest BCUT2D eigenvalue weighted by atomic mass is 10.2. The first-order chi connectivity index (χ1) is 11.0. The van der Waals surface area contributed by atoms with Gasteiger partial charge in [0, 0.05) is 25.6 Å². The molecule has 0 saturated carbocycles. The Morgan fingerprint density at radius 1 is 1.45 bits per heavy atom. The topological polar surface area (TPSA) is 92.6 Å². The van der Waals surface area contributed by atoms with Gasteiger partial charge < -0.3 is 4.74 Å². The molecular formula is C12H13N7O2S. The monoisotopic (exact) mass is 321 g/mol. The molecule has 0 unspecified atom stereocenters. The second-order valence-electron chi connectivity index (χ2n) is 4.34. The third-order valence-electron chi connectivity index (χ3n) is 3.00. The molecule has 0 radical (unpaired) electrons. The zero-order chi connectivity index (χ0) is 16.6. The Kier molecular flexibility index (Phi) is 3.27. The molecule has 0 N–H and O–H groups in total. The van der Waals surface area contributed by atoms with E-state index >= 15 is 0 Å². The van der Waals surface area contributed by atoms with Crippen molar-refractivity contribution in [1.82, 2.24) is 34.6 Å². The van der Waals surface area contributed by atoms with E-state index in [-0.39, 0.29) is 12.8 Å². The average molecular weight is 321 g/mol. The van der Waals surface area contributed by atoms with E-state index in [1.165, 1.54) is 18.4 Å². The molecule has 0 aliphatic carbocycles. The minimum atomic E-state index is -0.414. The number of hydrogen-bond acceptors (Lipinski definition) is 7. The van der Waals surface area contributed by atoms with Gasteiger partial charge in [-0.15, -0.1) is 4.68 Å². The van der Waals surface area contributed by atoms with E-state index in [1.807, 2.05) is 0 Å². The van der Waals surface area contributed by atoms with Crippen LogP contribution in [0.2, 0.25) is 0 Å². The Hall–Kier alpha value is -2.75. The number of aryl methyl sites for hydroxylation is 2. The van der Waals surface area contributed by atoms with Gasteiger partial charge in [-0.3, -0.25) is 4.68 Å². The highest BCUT2D eigenvalue weighted by Crippen LogP contribution is 2.21. The van der Waals surface area contributed by atoms with Crippen LogP contribution in [0.25, 0.3) is 11.9 Å². The quantitative estimate of drug-likeness (QED) is 0.674. The fourth-order valence-corrected chi connectivity index (χ4v) is 2.40. The minimum absolute atomic E-state index is 0.112.